The largest absolute Gasteiger partial charge is 0.497 e. The van der Waals surface area contributed by atoms with Crippen LogP contribution in [0.2, 0.25) is 0 Å². The zero-order valence-electron chi connectivity index (χ0n) is 19.5. The van der Waals surface area contributed by atoms with Crippen LogP contribution in [0.3, 0.4) is 0 Å². The van der Waals surface area contributed by atoms with Crippen LogP contribution in [0, 0.1) is 0 Å². The van der Waals surface area contributed by atoms with E-state index in [9.17, 15) is 8.78 Å². The van der Waals surface area contributed by atoms with Crippen LogP contribution < -0.4 is 9.47 Å². The first kappa shape index (κ1) is 21.9. The number of nitrogens with zero attached hydrogens (tertiary/aromatic N) is 6. The molecule has 0 N–H and O–H groups in total. The summed E-state index contributed by atoms with van der Waals surface area (Å²) in [5, 5.41) is 4.23. The van der Waals surface area contributed by atoms with Gasteiger partial charge < -0.3 is 9.47 Å². The van der Waals surface area contributed by atoms with E-state index in [1.54, 1.807) is 34.9 Å². The number of imidazole rings is 2. The zero-order chi connectivity index (χ0) is 24.2. The number of aryl methyl sites for hydroxylation is 1. The Morgan fingerprint density at radius 2 is 1.82 bits per heavy atom. The van der Waals surface area contributed by atoms with Gasteiger partial charge in [0.1, 0.15) is 17.6 Å². The van der Waals surface area contributed by atoms with E-state index < -0.39 is 12.2 Å². The molecule has 3 heterocycles. The van der Waals surface area contributed by atoms with Gasteiger partial charge >= 0.3 is 12.6 Å². The number of benzene rings is 2. The molecule has 0 bridgehead atoms. The summed E-state index contributed by atoms with van der Waals surface area (Å²) in [4.78, 5) is 9.06. The van der Waals surface area contributed by atoms with Gasteiger partial charge in [0.05, 0.1) is 35.5 Å². The minimum Gasteiger partial charge on any atom is -0.497 e. The number of ether oxygens (including phenoxy) is 2. The molecule has 0 spiro atoms. The molecule has 10 heteroatoms. The highest BCUT2D eigenvalue weighted by atomic mass is 19.3. The lowest BCUT2D eigenvalue weighted by Gasteiger charge is -2.24. The number of hydrogen-bond acceptors (Lipinski definition) is 5. The van der Waals surface area contributed by atoms with Gasteiger partial charge in [-0.15, -0.1) is 0 Å². The van der Waals surface area contributed by atoms with Crippen LogP contribution in [-0.4, -0.2) is 42.6 Å². The lowest BCUT2D eigenvalue weighted by molar-refractivity contribution is -0.0596. The Kier molecular flexibility index (Phi) is 5.03. The molecule has 0 atom stereocenters. The van der Waals surface area contributed by atoms with Crippen molar-refractivity contribution in [3.8, 4) is 28.6 Å². The van der Waals surface area contributed by atoms with Crippen molar-refractivity contribution < 1.29 is 18.3 Å². The molecule has 5 rings (SSSR count). The van der Waals surface area contributed by atoms with Gasteiger partial charge in [0, 0.05) is 36.5 Å². The second kappa shape index (κ2) is 7.82. The van der Waals surface area contributed by atoms with Crippen LogP contribution in [0.15, 0.2) is 49.1 Å². The molecule has 0 amide bonds. The van der Waals surface area contributed by atoms with E-state index in [1.807, 2.05) is 62.8 Å². The van der Waals surface area contributed by atoms with Crippen molar-refractivity contribution in [1.29, 1.82) is 0 Å². The van der Waals surface area contributed by atoms with Gasteiger partial charge in [-0.1, -0.05) is 6.07 Å². The van der Waals surface area contributed by atoms with Crippen molar-refractivity contribution in [2.75, 3.05) is 7.11 Å². The third-order valence-corrected chi connectivity index (χ3v) is 5.63. The van der Waals surface area contributed by atoms with Gasteiger partial charge in [-0.05, 0) is 38.5 Å². The van der Waals surface area contributed by atoms with Crippen molar-refractivity contribution in [1.82, 2.24) is 28.9 Å². The molecule has 0 aliphatic heterocycles. The smallest absolute Gasteiger partial charge is 0.389 e. The van der Waals surface area contributed by atoms with E-state index in [0.717, 1.165) is 22.2 Å². The van der Waals surface area contributed by atoms with Crippen LogP contribution in [-0.2, 0) is 12.6 Å². The number of rotatable bonds is 5. The fraction of sp³-hybridized carbons (Fsp3) is 0.292. The summed E-state index contributed by atoms with van der Waals surface area (Å²) >= 11 is 0. The van der Waals surface area contributed by atoms with Crippen molar-refractivity contribution >= 4 is 22.1 Å². The maximum atomic E-state index is 13.2. The predicted octanol–water partition coefficient (Wildman–Crippen LogP) is 5.14. The minimum atomic E-state index is -3.00. The molecular weight excluding hydrogens is 442 g/mol. The molecular formula is C24H24F2N6O2. The summed E-state index contributed by atoms with van der Waals surface area (Å²) in [5.74, 6) is 0.560. The van der Waals surface area contributed by atoms with Gasteiger partial charge in [-0.3, -0.25) is 13.8 Å². The molecule has 0 aliphatic rings. The molecule has 8 nitrogen and oxygen atoms in total. The highest BCUT2D eigenvalue weighted by molar-refractivity contribution is 5.91. The number of alkyl halides is 2. The van der Waals surface area contributed by atoms with E-state index >= 15 is 0 Å². The maximum absolute atomic E-state index is 13.2. The molecule has 176 valence electrons. The monoisotopic (exact) mass is 466 g/mol. The Morgan fingerprint density at radius 1 is 1.03 bits per heavy atom. The van der Waals surface area contributed by atoms with Crippen molar-refractivity contribution in [3.63, 3.8) is 0 Å². The fourth-order valence-electron chi connectivity index (χ4n) is 4.18. The third kappa shape index (κ3) is 3.64. The first-order chi connectivity index (χ1) is 16.2. The lowest BCUT2D eigenvalue weighted by atomic mass is 10.1. The Bertz CT molecular complexity index is 1510. The average molecular weight is 466 g/mol. The summed E-state index contributed by atoms with van der Waals surface area (Å²) in [7, 11) is 3.43. The number of fused-ring (bicyclic) bond motifs is 2. The van der Waals surface area contributed by atoms with Crippen LogP contribution in [0.5, 0.6) is 11.8 Å². The molecule has 0 radical (unpaired) electrons. The molecule has 0 saturated carbocycles. The Morgan fingerprint density at radius 3 is 2.47 bits per heavy atom. The van der Waals surface area contributed by atoms with Crippen LogP contribution in [0.1, 0.15) is 20.8 Å². The molecule has 0 unspecified atom stereocenters. The first-order valence-corrected chi connectivity index (χ1v) is 10.7. The van der Waals surface area contributed by atoms with Crippen LogP contribution in [0.4, 0.5) is 8.78 Å². The minimum absolute atomic E-state index is 0.157. The number of methoxy groups -OCH3 is 1. The van der Waals surface area contributed by atoms with Gasteiger partial charge in [0.25, 0.3) is 0 Å². The quantitative estimate of drug-likeness (QED) is 0.359. The molecule has 34 heavy (non-hydrogen) atoms. The van der Waals surface area contributed by atoms with Gasteiger partial charge in [0.15, 0.2) is 0 Å². The van der Waals surface area contributed by atoms with E-state index in [4.69, 9.17) is 9.47 Å². The van der Waals surface area contributed by atoms with Crippen molar-refractivity contribution in [3.05, 3.63) is 49.1 Å². The molecule has 3 aromatic heterocycles. The highest BCUT2D eigenvalue weighted by Gasteiger charge is 2.27. The van der Waals surface area contributed by atoms with Gasteiger partial charge in [-0.25, -0.2) is 4.98 Å². The Hall–Kier alpha value is -3.95. The summed E-state index contributed by atoms with van der Waals surface area (Å²) in [6.07, 6.45) is 5.43. The summed E-state index contributed by atoms with van der Waals surface area (Å²) in [6.45, 7) is 2.71. The Labute approximate surface area is 194 Å². The van der Waals surface area contributed by atoms with Crippen LogP contribution in [0.25, 0.3) is 38.9 Å². The highest BCUT2D eigenvalue weighted by Crippen LogP contribution is 2.37. The zero-order valence-corrected chi connectivity index (χ0v) is 19.5. The number of hydrogen-bond donors (Lipinski definition) is 0. The maximum Gasteiger partial charge on any atom is 0.389 e. The SMILES string of the molecule is COc1cc(-n2cnc3cc(-c4cnn(C)c4)ccc32)c2nc(OC(F)F)n(C(C)(C)C)c2c1. The predicted molar refractivity (Wildman–Crippen MR) is 125 cm³/mol. The van der Waals surface area contributed by atoms with Crippen molar-refractivity contribution in [2.45, 2.75) is 32.9 Å². The fourth-order valence-corrected chi connectivity index (χ4v) is 4.18. The van der Waals surface area contributed by atoms with Crippen molar-refractivity contribution in [2.24, 2.45) is 7.05 Å². The topological polar surface area (TPSA) is 71.9 Å². The summed E-state index contributed by atoms with van der Waals surface area (Å²) < 4.78 is 42.0. The third-order valence-electron chi connectivity index (χ3n) is 5.63. The molecule has 0 saturated heterocycles. The van der Waals surface area contributed by atoms with Gasteiger partial charge in [0.2, 0.25) is 0 Å². The molecule has 0 fully saturated rings. The lowest BCUT2D eigenvalue weighted by Crippen LogP contribution is -2.23. The summed E-state index contributed by atoms with van der Waals surface area (Å²) in [5.41, 5.74) is 4.78. The molecule has 5 aromatic rings. The standard InChI is InChI=1S/C24H24F2N6O2/c1-24(2,3)32-20-10-16(33-5)9-19(21(20)29-23(32)34-22(25)26)31-13-27-17-8-14(6-7-18(17)31)15-11-28-30(4)12-15/h6-13,22H,1-5H3. The van der Waals surface area contributed by atoms with Gasteiger partial charge in [-0.2, -0.15) is 18.9 Å². The van der Waals surface area contributed by atoms with E-state index in [2.05, 4.69) is 15.1 Å². The molecule has 0 aliphatic carbocycles. The number of aromatic nitrogens is 6. The normalized spacial score (nSPS) is 12.2. The van der Waals surface area contributed by atoms with Crippen LogP contribution >= 0.6 is 0 Å². The Balaban J connectivity index is 1.74. The first-order valence-electron chi connectivity index (χ1n) is 10.7. The second-order valence-corrected chi connectivity index (χ2v) is 9.01. The number of halogens is 2. The average Bonchev–Trinajstić information content (AvgIpc) is 3.47. The second-order valence-electron chi connectivity index (χ2n) is 9.01. The van der Waals surface area contributed by atoms with E-state index in [1.165, 1.54) is 0 Å². The summed E-state index contributed by atoms with van der Waals surface area (Å²) in [6, 6.07) is 9.37. The van der Waals surface area contributed by atoms with E-state index in [-0.39, 0.29) is 6.01 Å². The molecule has 2 aromatic carbocycles. The van der Waals surface area contributed by atoms with E-state index in [0.29, 0.717) is 22.5 Å².